The van der Waals surface area contributed by atoms with Gasteiger partial charge in [0.15, 0.2) is 0 Å². The standard InChI is InChI=1S/C9H9N3O/c1-7-6-8(13)11-9(10-7)12-4-2-3-5-12/h2-6H,1H3,(H,10,11,13). The Morgan fingerprint density at radius 1 is 1.38 bits per heavy atom. The van der Waals surface area contributed by atoms with Gasteiger partial charge in [0.2, 0.25) is 5.95 Å². The maximum atomic E-state index is 11.1. The highest BCUT2D eigenvalue weighted by atomic mass is 16.1. The van der Waals surface area contributed by atoms with E-state index in [-0.39, 0.29) is 5.56 Å². The van der Waals surface area contributed by atoms with Crippen molar-refractivity contribution >= 4 is 0 Å². The summed E-state index contributed by atoms with van der Waals surface area (Å²) in [6, 6.07) is 5.22. The molecule has 0 saturated carbocycles. The van der Waals surface area contributed by atoms with Gasteiger partial charge in [0, 0.05) is 24.2 Å². The lowest BCUT2D eigenvalue weighted by Crippen LogP contribution is -2.11. The monoisotopic (exact) mass is 175 g/mol. The quantitative estimate of drug-likeness (QED) is 0.699. The van der Waals surface area contributed by atoms with Crippen LogP contribution in [-0.2, 0) is 0 Å². The lowest BCUT2D eigenvalue weighted by Gasteiger charge is -2.00. The molecule has 0 unspecified atom stereocenters. The van der Waals surface area contributed by atoms with Crippen molar-refractivity contribution in [1.29, 1.82) is 0 Å². The fourth-order valence-corrected chi connectivity index (χ4v) is 1.16. The molecule has 0 aliphatic rings. The van der Waals surface area contributed by atoms with E-state index in [1.165, 1.54) is 6.07 Å². The summed E-state index contributed by atoms with van der Waals surface area (Å²) in [7, 11) is 0. The minimum Gasteiger partial charge on any atom is -0.294 e. The summed E-state index contributed by atoms with van der Waals surface area (Å²) in [6.07, 6.45) is 3.66. The molecule has 2 heterocycles. The number of rotatable bonds is 1. The predicted molar refractivity (Wildman–Crippen MR) is 48.9 cm³/mol. The van der Waals surface area contributed by atoms with Crippen molar-refractivity contribution in [3.8, 4) is 5.95 Å². The fourth-order valence-electron chi connectivity index (χ4n) is 1.16. The first kappa shape index (κ1) is 7.79. The normalized spacial score (nSPS) is 10.2. The molecule has 1 N–H and O–H groups in total. The molecule has 2 aromatic heterocycles. The number of aromatic nitrogens is 3. The molecular formula is C9H9N3O. The van der Waals surface area contributed by atoms with E-state index >= 15 is 0 Å². The summed E-state index contributed by atoms with van der Waals surface area (Å²) in [5.41, 5.74) is 0.587. The topological polar surface area (TPSA) is 50.7 Å². The number of hydrogen-bond donors (Lipinski definition) is 1. The van der Waals surface area contributed by atoms with E-state index in [1.807, 2.05) is 24.5 Å². The predicted octanol–water partition coefficient (Wildman–Crippen LogP) is 0.869. The van der Waals surface area contributed by atoms with Crippen molar-refractivity contribution in [2.75, 3.05) is 0 Å². The minimum absolute atomic E-state index is 0.129. The number of hydrogen-bond acceptors (Lipinski definition) is 2. The van der Waals surface area contributed by atoms with E-state index in [9.17, 15) is 4.79 Å². The molecule has 0 bridgehead atoms. The van der Waals surface area contributed by atoms with Crippen molar-refractivity contribution < 1.29 is 0 Å². The maximum absolute atomic E-state index is 11.1. The molecule has 0 atom stereocenters. The first-order valence-electron chi connectivity index (χ1n) is 3.97. The van der Waals surface area contributed by atoms with Gasteiger partial charge in [-0.3, -0.25) is 14.3 Å². The Labute approximate surface area is 74.9 Å². The number of H-pyrrole nitrogens is 1. The highest BCUT2D eigenvalue weighted by molar-refractivity contribution is 5.15. The van der Waals surface area contributed by atoms with Gasteiger partial charge >= 0.3 is 0 Å². The molecule has 4 heteroatoms. The van der Waals surface area contributed by atoms with Crippen LogP contribution in [0.3, 0.4) is 0 Å². The second-order valence-electron chi connectivity index (χ2n) is 2.80. The largest absolute Gasteiger partial charge is 0.294 e. The highest BCUT2D eigenvalue weighted by Gasteiger charge is 1.97. The number of aromatic amines is 1. The summed E-state index contributed by atoms with van der Waals surface area (Å²) >= 11 is 0. The molecule has 0 aliphatic heterocycles. The van der Waals surface area contributed by atoms with Crippen LogP contribution in [0.2, 0.25) is 0 Å². The molecule has 66 valence electrons. The van der Waals surface area contributed by atoms with Gasteiger partial charge in [0.1, 0.15) is 0 Å². The Morgan fingerprint density at radius 3 is 2.69 bits per heavy atom. The molecular weight excluding hydrogens is 166 g/mol. The molecule has 2 rings (SSSR count). The van der Waals surface area contributed by atoms with Crippen LogP contribution in [0.25, 0.3) is 5.95 Å². The molecule has 2 aromatic rings. The molecule has 0 radical (unpaired) electrons. The van der Waals surface area contributed by atoms with Crippen molar-refractivity contribution in [3.05, 3.63) is 46.6 Å². The van der Waals surface area contributed by atoms with Crippen molar-refractivity contribution in [1.82, 2.24) is 14.5 Å². The van der Waals surface area contributed by atoms with E-state index in [0.717, 1.165) is 0 Å². The van der Waals surface area contributed by atoms with E-state index in [2.05, 4.69) is 9.97 Å². The van der Waals surface area contributed by atoms with Gasteiger partial charge in [-0.1, -0.05) is 0 Å². The van der Waals surface area contributed by atoms with Crippen molar-refractivity contribution in [2.24, 2.45) is 0 Å². The third-order valence-electron chi connectivity index (χ3n) is 1.71. The summed E-state index contributed by atoms with van der Waals surface area (Å²) in [4.78, 5) is 17.9. The van der Waals surface area contributed by atoms with Crippen LogP contribution in [0.15, 0.2) is 35.4 Å². The summed E-state index contributed by atoms with van der Waals surface area (Å²) in [5.74, 6) is 0.551. The van der Waals surface area contributed by atoms with Crippen LogP contribution in [0.4, 0.5) is 0 Å². The maximum Gasteiger partial charge on any atom is 0.252 e. The first-order chi connectivity index (χ1) is 6.25. The Bertz CT molecular complexity index is 456. The minimum atomic E-state index is -0.129. The zero-order valence-corrected chi connectivity index (χ0v) is 7.19. The Morgan fingerprint density at radius 2 is 2.08 bits per heavy atom. The number of nitrogens with zero attached hydrogens (tertiary/aromatic N) is 2. The Balaban J connectivity index is 2.59. The molecule has 0 fully saturated rings. The van der Waals surface area contributed by atoms with Gasteiger partial charge in [-0.15, -0.1) is 0 Å². The molecule has 4 nitrogen and oxygen atoms in total. The fraction of sp³-hybridized carbons (Fsp3) is 0.111. The lowest BCUT2D eigenvalue weighted by molar-refractivity contribution is 0.902. The van der Waals surface area contributed by atoms with Gasteiger partial charge in [-0.2, -0.15) is 0 Å². The van der Waals surface area contributed by atoms with E-state index in [4.69, 9.17) is 0 Å². The third-order valence-corrected chi connectivity index (χ3v) is 1.71. The third kappa shape index (κ3) is 1.51. The Hall–Kier alpha value is -1.84. The summed E-state index contributed by atoms with van der Waals surface area (Å²) < 4.78 is 1.76. The van der Waals surface area contributed by atoms with Crippen LogP contribution in [0.1, 0.15) is 5.69 Å². The van der Waals surface area contributed by atoms with Gasteiger partial charge in [-0.05, 0) is 19.1 Å². The smallest absolute Gasteiger partial charge is 0.252 e. The molecule has 0 saturated heterocycles. The van der Waals surface area contributed by atoms with Crippen LogP contribution in [0, 0.1) is 6.92 Å². The van der Waals surface area contributed by atoms with E-state index in [1.54, 1.807) is 11.5 Å². The van der Waals surface area contributed by atoms with Crippen LogP contribution in [0.5, 0.6) is 0 Å². The first-order valence-corrected chi connectivity index (χ1v) is 3.97. The molecule has 0 amide bonds. The van der Waals surface area contributed by atoms with E-state index < -0.39 is 0 Å². The van der Waals surface area contributed by atoms with Crippen molar-refractivity contribution in [3.63, 3.8) is 0 Å². The molecule has 13 heavy (non-hydrogen) atoms. The van der Waals surface area contributed by atoms with Gasteiger partial charge in [-0.25, -0.2) is 4.98 Å². The van der Waals surface area contributed by atoms with E-state index in [0.29, 0.717) is 11.6 Å². The summed E-state index contributed by atoms with van der Waals surface area (Å²) in [5, 5.41) is 0. The average Bonchev–Trinajstić information content (AvgIpc) is 2.53. The SMILES string of the molecule is Cc1cc(=O)[nH]c(-n2cccc2)n1. The van der Waals surface area contributed by atoms with Gasteiger partial charge < -0.3 is 0 Å². The number of nitrogens with one attached hydrogen (secondary N) is 1. The summed E-state index contributed by atoms with van der Waals surface area (Å²) in [6.45, 7) is 1.79. The lowest BCUT2D eigenvalue weighted by atomic mass is 10.4. The van der Waals surface area contributed by atoms with Crippen LogP contribution < -0.4 is 5.56 Å². The average molecular weight is 175 g/mol. The molecule has 0 spiro atoms. The zero-order valence-electron chi connectivity index (χ0n) is 7.19. The second-order valence-corrected chi connectivity index (χ2v) is 2.80. The van der Waals surface area contributed by atoms with Crippen LogP contribution >= 0.6 is 0 Å². The van der Waals surface area contributed by atoms with Gasteiger partial charge in [0.25, 0.3) is 5.56 Å². The second kappa shape index (κ2) is 2.90. The van der Waals surface area contributed by atoms with Crippen LogP contribution in [-0.4, -0.2) is 14.5 Å². The number of aryl methyl sites for hydroxylation is 1. The molecule has 0 aromatic carbocycles. The highest BCUT2D eigenvalue weighted by Crippen LogP contribution is 1.98. The molecule has 0 aliphatic carbocycles. The van der Waals surface area contributed by atoms with Crippen molar-refractivity contribution in [2.45, 2.75) is 6.92 Å². The Kier molecular flexibility index (Phi) is 1.73. The van der Waals surface area contributed by atoms with Gasteiger partial charge in [0.05, 0.1) is 0 Å². The zero-order chi connectivity index (χ0) is 9.26.